The van der Waals surface area contributed by atoms with Gasteiger partial charge < -0.3 is 39.4 Å². The maximum atomic E-state index is 13.9. The number of carbonyl (C=O) groups excluding carboxylic acids is 1. The first-order valence-electron chi connectivity index (χ1n) is 15.9. The molecule has 238 valence electrons. The van der Waals surface area contributed by atoms with Crippen molar-refractivity contribution in [3.8, 4) is 0 Å². The molecule has 0 aromatic carbocycles. The van der Waals surface area contributed by atoms with E-state index in [1.807, 2.05) is 13.8 Å². The highest BCUT2D eigenvalue weighted by molar-refractivity contribution is 6.00. The van der Waals surface area contributed by atoms with Gasteiger partial charge in [-0.15, -0.1) is 0 Å². The van der Waals surface area contributed by atoms with Gasteiger partial charge in [0.1, 0.15) is 11.7 Å². The van der Waals surface area contributed by atoms with Crippen molar-refractivity contribution in [1.29, 1.82) is 0 Å². The highest BCUT2D eigenvalue weighted by Crippen LogP contribution is 2.70. The first-order valence-corrected chi connectivity index (χ1v) is 15.9. The number of hydrogen-bond acceptors (Lipinski definition) is 9. The van der Waals surface area contributed by atoms with Crippen LogP contribution in [0.4, 0.5) is 0 Å². The van der Waals surface area contributed by atoms with Crippen LogP contribution in [0.1, 0.15) is 107 Å². The predicted molar refractivity (Wildman–Crippen MR) is 153 cm³/mol. The van der Waals surface area contributed by atoms with Crippen LogP contribution >= 0.6 is 0 Å². The summed E-state index contributed by atoms with van der Waals surface area (Å²) >= 11 is 0. The lowest BCUT2D eigenvalue weighted by Crippen LogP contribution is -2.73. The van der Waals surface area contributed by atoms with Gasteiger partial charge in [0.05, 0.1) is 35.1 Å². The number of ether oxygens (including phenoxy) is 4. The van der Waals surface area contributed by atoms with Gasteiger partial charge in [-0.3, -0.25) is 4.79 Å². The Labute approximate surface area is 249 Å². The van der Waals surface area contributed by atoms with Crippen molar-refractivity contribution in [2.24, 2.45) is 22.7 Å². The molecule has 6 rings (SSSR count). The molecule has 2 heterocycles. The summed E-state index contributed by atoms with van der Waals surface area (Å²) in [5.74, 6) is -2.76. The molecule has 0 spiro atoms. The van der Waals surface area contributed by atoms with Gasteiger partial charge in [0.15, 0.2) is 17.4 Å². The molecule has 5 fully saturated rings. The molecule has 0 amide bonds. The van der Waals surface area contributed by atoms with E-state index >= 15 is 0 Å². The Balaban J connectivity index is 1.38. The third-order valence-electron chi connectivity index (χ3n) is 12.5. The highest BCUT2D eigenvalue weighted by atomic mass is 16.8. The van der Waals surface area contributed by atoms with Gasteiger partial charge in [-0.05, 0) is 110 Å². The van der Waals surface area contributed by atoms with Crippen LogP contribution in [0.2, 0.25) is 0 Å². The zero-order valence-electron chi connectivity index (χ0n) is 26.8. The van der Waals surface area contributed by atoms with E-state index in [9.17, 15) is 25.2 Å². The summed E-state index contributed by atoms with van der Waals surface area (Å²) in [6, 6.07) is 0. The van der Waals surface area contributed by atoms with Gasteiger partial charge in [0.2, 0.25) is 0 Å². The second kappa shape index (κ2) is 8.87. The standard InChI is InChI=1S/C33H52O9/c1-26(2,36)13-12-23-31(9,42-28(5,6)40-23)21-11-15-32(37)19-16-22(34)33(38)17-20-24(41-27(3,4)39-20)25(35)30(33,8)18(19)10-14-29(21,32)7/h16,18,20-21,23-25,35-38H,10-15,17H2,1-9H3/t18?,20-,21?,23?,24-,25-,29-,30+,31-,32-,33-/m1/s1. The zero-order chi connectivity index (χ0) is 31.1. The summed E-state index contributed by atoms with van der Waals surface area (Å²) in [6.45, 7) is 16.9. The van der Waals surface area contributed by atoms with E-state index in [1.165, 1.54) is 6.08 Å². The third kappa shape index (κ3) is 4.00. The van der Waals surface area contributed by atoms with E-state index in [0.717, 1.165) is 0 Å². The van der Waals surface area contributed by atoms with Crippen LogP contribution in [-0.2, 0) is 23.7 Å². The molecule has 3 unspecified atom stereocenters. The number of fused-ring (bicyclic) bond motifs is 6. The van der Waals surface area contributed by atoms with Gasteiger partial charge in [-0.2, -0.15) is 0 Å². The minimum absolute atomic E-state index is 0.0350. The summed E-state index contributed by atoms with van der Waals surface area (Å²) in [4.78, 5) is 13.9. The molecule has 4 aliphatic carbocycles. The Morgan fingerprint density at radius 2 is 1.60 bits per heavy atom. The van der Waals surface area contributed by atoms with Crippen molar-refractivity contribution in [3.05, 3.63) is 11.6 Å². The lowest BCUT2D eigenvalue weighted by Gasteiger charge is -2.64. The van der Waals surface area contributed by atoms with E-state index in [4.69, 9.17) is 18.9 Å². The average Bonchev–Trinajstić information content (AvgIpc) is 3.40. The van der Waals surface area contributed by atoms with Gasteiger partial charge in [-0.1, -0.05) is 13.8 Å². The van der Waals surface area contributed by atoms with E-state index < -0.39 is 74.8 Å². The van der Waals surface area contributed by atoms with Crippen LogP contribution < -0.4 is 0 Å². The van der Waals surface area contributed by atoms with Crippen LogP contribution in [0.15, 0.2) is 11.6 Å². The topological polar surface area (TPSA) is 135 Å². The largest absolute Gasteiger partial charge is 0.390 e. The van der Waals surface area contributed by atoms with Crippen molar-refractivity contribution in [3.63, 3.8) is 0 Å². The molecule has 9 nitrogen and oxygen atoms in total. The molecule has 0 bridgehead atoms. The Hall–Kier alpha value is -0.910. The predicted octanol–water partition coefficient (Wildman–Crippen LogP) is 3.54. The van der Waals surface area contributed by atoms with Crippen LogP contribution in [0.25, 0.3) is 0 Å². The third-order valence-corrected chi connectivity index (χ3v) is 12.5. The molecular weight excluding hydrogens is 540 g/mol. The summed E-state index contributed by atoms with van der Waals surface area (Å²) < 4.78 is 25.3. The molecule has 6 aliphatic rings. The van der Waals surface area contributed by atoms with Crippen molar-refractivity contribution >= 4 is 5.78 Å². The summed E-state index contributed by atoms with van der Waals surface area (Å²) in [5.41, 5.74) is -6.05. The molecule has 2 aliphatic heterocycles. The first-order chi connectivity index (χ1) is 19.0. The number of aliphatic hydroxyl groups is 4. The summed E-state index contributed by atoms with van der Waals surface area (Å²) in [6.07, 6.45) is 2.24. The fourth-order valence-electron chi connectivity index (χ4n) is 10.5. The number of hydrogen-bond donors (Lipinski definition) is 4. The Kier molecular flexibility index (Phi) is 6.57. The molecule has 4 N–H and O–H groups in total. The van der Waals surface area contributed by atoms with Crippen LogP contribution in [0.5, 0.6) is 0 Å². The van der Waals surface area contributed by atoms with Crippen LogP contribution in [0.3, 0.4) is 0 Å². The van der Waals surface area contributed by atoms with Crippen LogP contribution in [0, 0.1) is 22.7 Å². The number of carbonyl (C=O) groups is 1. The SMILES string of the molecule is CC(C)(O)CCC1OC(C)(C)O[C@]1(C)C1CC[C@@]2(O)C3=CC(=O)[C@]4(O)C[C@H]5OC(C)(C)O[C@H]5[C@@H](O)[C@]4(C)C3CC[C@]12C. The van der Waals surface area contributed by atoms with E-state index in [2.05, 4.69) is 13.8 Å². The Morgan fingerprint density at radius 3 is 2.24 bits per heavy atom. The monoisotopic (exact) mass is 592 g/mol. The average molecular weight is 593 g/mol. The molecule has 0 radical (unpaired) electrons. The van der Waals surface area contributed by atoms with Crippen molar-refractivity contribution in [1.82, 2.24) is 0 Å². The maximum absolute atomic E-state index is 13.9. The van der Waals surface area contributed by atoms with Crippen molar-refractivity contribution in [2.45, 2.75) is 166 Å². The number of rotatable bonds is 4. The van der Waals surface area contributed by atoms with Gasteiger partial charge in [-0.25, -0.2) is 0 Å². The fraction of sp³-hybridized carbons (Fsp3) is 0.909. The van der Waals surface area contributed by atoms with Gasteiger partial charge >= 0.3 is 0 Å². The van der Waals surface area contributed by atoms with Crippen molar-refractivity contribution in [2.75, 3.05) is 0 Å². The van der Waals surface area contributed by atoms with E-state index in [-0.39, 0.29) is 18.4 Å². The van der Waals surface area contributed by atoms with E-state index in [0.29, 0.717) is 44.1 Å². The molecule has 0 aromatic rings. The second-order valence-electron chi connectivity index (χ2n) is 16.5. The summed E-state index contributed by atoms with van der Waals surface area (Å²) in [7, 11) is 0. The molecule has 3 saturated carbocycles. The number of aliphatic hydroxyl groups excluding tert-OH is 1. The zero-order valence-corrected chi connectivity index (χ0v) is 26.8. The molecule has 42 heavy (non-hydrogen) atoms. The molecular formula is C33H52O9. The Bertz CT molecular complexity index is 1190. The number of ketones is 1. The summed E-state index contributed by atoms with van der Waals surface area (Å²) in [5, 5.41) is 47.2. The lowest BCUT2D eigenvalue weighted by atomic mass is 9.43. The second-order valence-corrected chi connectivity index (χ2v) is 16.5. The minimum atomic E-state index is -1.84. The van der Waals surface area contributed by atoms with E-state index in [1.54, 1.807) is 34.6 Å². The fourth-order valence-corrected chi connectivity index (χ4v) is 10.5. The quantitative estimate of drug-likeness (QED) is 0.387. The normalized spacial score (nSPS) is 52.8. The van der Waals surface area contributed by atoms with Crippen molar-refractivity contribution < 1.29 is 44.2 Å². The van der Waals surface area contributed by atoms with Gasteiger partial charge in [0.25, 0.3) is 0 Å². The first kappa shape index (κ1) is 31.1. The highest BCUT2D eigenvalue weighted by Gasteiger charge is 2.76. The Morgan fingerprint density at radius 1 is 0.929 bits per heavy atom. The maximum Gasteiger partial charge on any atom is 0.188 e. The van der Waals surface area contributed by atoms with Gasteiger partial charge in [0, 0.05) is 17.3 Å². The van der Waals surface area contributed by atoms with Crippen LogP contribution in [-0.4, -0.2) is 84.6 Å². The molecule has 2 saturated heterocycles. The minimum Gasteiger partial charge on any atom is -0.390 e. The molecule has 9 heteroatoms. The molecule has 0 aromatic heterocycles. The lowest BCUT2D eigenvalue weighted by molar-refractivity contribution is -0.237. The molecule has 11 atom stereocenters. The smallest absolute Gasteiger partial charge is 0.188 e.